The third-order valence-electron chi connectivity index (χ3n) is 5.14. The van der Waals surface area contributed by atoms with Gasteiger partial charge in [0.1, 0.15) is 5.60 Å². The van der Waals surface area contributed by atoms with Gasteiger partial charge in [-0.1, -0.05) is 64.7 Å². The van der Waals surface area contributed by atoms with Crippen molar-refractivity contribution >= 4 is 11.8 Å². The number of ketones is 1. The highest BCUT2D eigenvalue weighted by atomic mass is 16.5. The monoisotopic (exact) mass is 342 g/mol. The summed E-state index contributed by atoms with van der Waals surface area (Å²) in [6, 6.07) is 0. The molecule has 1 N–H and O–H groups in total. The Morgan fingerprint density at radius 2 is 1.25 bits per heavy atom. The maximum Gasteiger partial charge on any atom is 0.314 e. The first kappa shape index (κ1) is 23.1. The molecular formula is C20H38O4. The van der Waals surface area contributed by atoms with Gasteiger partial charge in [-0.25, -0.2) is 0 Å². The molecule has 1 unspecified atom stereocenters. The molecular weight excluding hydrogens is 304 g/mol. The van der Waals surface area contributed by atoms with Crippen molar-refractivity contribution in [3.8, 4) is 0 Å². The van der Waals surface area contributed by atoms with Crippen LogP contribution in [0.5, 0.6) is 0 Å². The molecule has 4 heteroatoms. The Labute approximate surface area is 148 Å². The van der Waals surface area contributed by atoms with Crippen LogP contribution < -0.4 is 0 Å². The van der Waals surface area contributed by atoms with Crippen LogP contribution in [0, 0.1) is 5.41 Å². The number of Topliss-reactive ketones (excluding diaryl/α,β-unsaturated/α-hetero) is 1. The molecule has 0 aliphatic carbocycles. The number of rotatable bonds is 14. The normalized spacial score (nSPS) is 14.2. The van der Waals surface area contributed by atoms with Crippen molar-refractivity contribution < 1.29 is 19.4 Å². The van der Waals surface area contributed by atoms with Crippen LogP contribution in [0.15, 0.2) is 0 Å². The van der Waals surface area contributed by atoms with Gasteiger partial charge in [0.2, 0.25) is 0 Å². The molecule has 0 aromatic rings. The fourth-order valence-electron chi connectivity index (χ4n) is 2.57. The molecule has 0 fully saturated rings. The van der Waals surface area contributed by atoms with Gasteiger partial charge in [0.05, 0.1) is 12.0 Å². The van der Waals surface area contributed by atoms with Crippen LogP contribution in [0.1, 0.15) is 98.8 Å². The molecule has 0 rings (SSSR count). The molecule has 0 saturated carbocycles. The summed E-state index contributed by atoms with van der Waals surface area (Å²) in [6.07, 6.45) is 12.2. The summed E-state index contributed by atoms with van der Waals surface area (Å²) in [6.45, 7) is 8.35. The Hall–Kier alpha value is -0.900. The molecule has 1 atom stereocenters. The fraction of sp³-hybridized carbons (Fsp3) is 0.900. The Bertz CT molecular complexity index is 372. The molecule has 0 aliphatic heterocycles. The van der Waals surface area contributed by atoms with Crippen LogP contribution in [-0.2, 0) is 14.3 Å². The third-order valence-corrected chi connectivity index (χ3v) is 5.14. The second kappa shape index (κ2) is 11.6. The summed E-state index contributed by atoms with van der Waals surface area (Å²) >= 11 is 0. The molecule has 0 saturated heterocycles. The van der Waals surface area contributed by atoms with Gasteiger partial charge in [0.15, 0.2) is 5.78 Å². The van der Waals surface area contributed by atoms with Gasteiger partial charge >= 0.3 is 5.97 Å². The van der Waals surface area contributed by atoms with E-state index >= 15 is 0 Å². The van der Waals surface area contributed by atoms with E-state index in [-0.39, 0.29) is 0 Å². The van der Waals surface area contributed by atoms with E-state index in [1.54, 1.807) is 13.8 Å². The van der Waals surface area contributed by atoms with Crippen molar-refractivity contribution in [2.45, 2.75) is 104 Å². The number of unbranched alkanes of at least 4 members (excludes halogenated alkanes) is 9. The van der Waals surface area contributed by atoms with Gasteiger partial charge in [-0.15, -0.1) is 0 Å². The predicted molar refractivity (Wildman–Crippen MR) is 97.9 cm³/mol. The Morgan fingerprint density at radius 1 is 0.833 bits per heavy atom. The molecule has 0 aromatic heterocycles. The average molecular weight is 343 g/mol. The van der Waals surface area contributed by atoms with Crippen LogP contribution in [0.3, 0.4) is 0 Å². The van der Waals surface area contributed by atoms with Crippen molar-refractivity contribution in [3.05, 3.63) is 0 Å². The van der Waals surface area contributed by atoms with E-state index in [0.717, 1.165) is 12.8 Å². The first-order valence-corrected chi connectivity index (χ1v) is 9.58. The van der Waals surface area contributed by atoms with E-state index in [1.165, 1.54) is 65.2 Å². The number of ether oxygens (including phenoxy) is 1. The molecule has 0 aliphatic rings. The van der Waals surface area contributed by atoms with E-state index in [9.17, 15) is 14.7 Å². The van der Waals surface area contributed by atoms with Crippen molar-refractivity contribution in [1.29, 1.82) is 0 Å². The molecule has 142 valence electrons. The number of aliphatic hydroxyl groups is 1. The maximum absolute atomic E-state index is 12.1. The first-order valence-electron chi connectivity index (χ1n) is 9.58. The van der Waals surface area contributed by atoms with Crippen molar-refractivity contribution in [3.63, 3.8) is 0 Å². The molecule has 0 heterocycles. The minimum Gasteiger partial charge on any atom is -0.465 e. The van der Waals surface area contributed by atoms with Gasteiger partial charge in [-0.2, -0.15) is 0 Å². The van der Waals surface area contributed by atoms with Crippen molar-refractivity contribution in [1.82, 2.24) is 0 Å². The van der Waals surface area contributed by atoms with Gasteiger partial charge in [0, 0.05) is 0 Å². The molecule has 0 amide bonds. The lowest BCUT2D eigenvalue weighted by Crippen LogP contribution is -2.52. The van der Waals surface area contributed by atoms with Gasteiger partial charge in [-0.3, -0.25) is 9.59 Å². The summed E-state index contributed by atoms with van der Waals surface area (Å²) in [5, 5.41) is 10.2. The standard InChI is InChI=1S/C20H38O4/c1-6-7-8-9-10-11-12-13-14-15-16-24-18(22)19(3,4)20(5,23)17(2)21/h23H,6-16H2,1-5H3. The molecule has 0 spiro atoms. The summed E-state index contributed by atoms with van der Waals surface area (Å²) in [5.74, 6) is -0.943. The number of hydrogen-bond acceptors (Lipinski definition) is 4. The highest BCUT2D eigenvalue weighted by Gasteiger charge is 2.49. The lowest BCUT2D eigenvalue weighted by atomic mass is 9.74. The smallest absolute Gasteiger partial charge is 0.314 e. The van der Waals surface area contributed by atoms with Crippen LogP contribution in [0.2, 0.25) is 0 Å². The second-order valence-electron chi connectivity index (χ2n) is 7.57. The Morgan fingerprint density at radius 3 is 1.67 bits per heavy atom. The van der Waals surface area contributed by atoms with Crippen LogP contribution in [0.4, 0.5) is 0 Å². The SMILES string of the molecule is CCCCCCCCCCCCOC(=O)C(C)(C)C(C)(O)C(C)=O. The van der Waals surface area contributed by atoms with Crippen LogP contribution in [0.25, 0.3) is 0 Å². The third kappa shape index (κ3) is 7.78. The average Bonchev–Trinajstić information content (AvgIpc) is 2.51. The zero-order valence-corrected chi connectivity index (χ0v) is 16.5. The van der Waals surface area contributed by atoms with E-state index in [1.807, 2.05) is 0 Å². The lowest BCUT2D eigenvalue weighted by Gasteiger charge is -2.35. The minimum absolute atomic E-state index is 0.354. The van der Waals surface area contributed by atoms with Crippen molar-refractivity contribution in [2.75, 3.05) is 6.61 Å². The number of hydrogen-bond donors (Lipinski definition) is 1. The van der Waals surface area contributed by atoms with Gasteiger partial charge in [0.25, 0.3) is 0 Å². The fourth-order valence-corrected chi connectivity index (χ4v) is 2.57. The van der Waals surface area contributed by atoms with E-state index in [0.29, 0.717) is 6.61 Å². The van der Waals surface area contributed by atoms with Gasteiger partial charge in [-0.05, 0) is 34.1 Å². The topological polar surface area (TPSA) is 63.6 Å². The van der Waals surface area contributed by atoms with Gasteiger partial charge < -0.3 is 9.84 Å². The van der Waals surface area contributed by atoms with E-state index < -0.39 is 22.8 Å². The molecule has 0 radical (unpaired) electrons. The zero-order valence-electron chi connectivity index (χ0n) is 16.5. The first-order chi connectivity index (χ1) is 11.2. The summed E-state index contributed by atoms with van der Waals surface area (Å²) in [4.78, 5) is 23.7. The predicted octanol–water partition coefficient (Wildman–Crippen LogP) is 4.82. The second-order valence-corrected chi connectivity index (χ2v) is 7.57. The highest BCUT2D eigenvalue weighted by Crippen LogP contribution is 2.33. The molecule has 24 heavy (non-hydrogen) atoms. The number of carbonyl (C=O) groups is 2. The summed E-state index contributed by atoms with van der Waals surface area (Å²) < 4.78 is 5.26. The van der Waals surface area contributed by atoms with E-state index in [4.69, 9.17) is 4.74 Å². The maximum atomic E-state index is 12.1. The lowest BCUT2D eigenvalue weighted by molar-refractivity contribution is -0.174. The summed E-state index contributed by atoms with van der Waals surface area (Å²) in [5.41, 5.74) is -2.95. The minimum atomic E-state index is -1.71. The number of esters is 1. The van der Waals surface area contributed by atoms with Crippen molar-refractivity contribution in [2.24, 2.45) is 5.41 Å². The van der Waals surface area contributed by atoms with Crippen LogP contribution >= 0.6 is 0 Å². The summed E-state index contributed by atoms with van der Waals surface area (Å²) in [7, 11) is 0. The Kier molecular flexibility index (Phi) is 11.2. The molecule has 0 bridgehead atoms. The molecule has 0 aromatic carbocycles. The number of carbonyl (C=O) groups excluding carboxylic acids is 2. The quantitative estimate of drug-likeness (QED) is 0.363. The van der Waals surface area contributed by atoms with E-state index in [2.05, 4.69) is 6.92 Å². The zero-order chi connectivity index (χ0) is 18.6. The largest absolute Gasteiger partial charge is 0.465 e. The Balaban J connectivity index is 3.78. The molecule has 4 nitrogen and oxygen atoms in total. The highest BCUT2D eigenvalue weighted by molar-refractivity contribution is 5.92. The van der Waals surface area contributed by atoms with Crippen LogP contribution in [-0.4, -0.2) is 29.1 Å².